The summed E-state index contributed by atoms with van der Waals surface area (Å²) in [5, 5.41) is 6.00. The van der Waals surface area contributed by atoms with Gasteiger partial charge in [0.05, 0.1) is 6.26 Å². The van der Waals surface area contributed by atoms with Crippen molar-refractivity contribution >= 4 is 17.5 Å². The van der Waals surface area contributed by atoms with Crippen LogP contribution in [0.5, 0.6) is 0 Å². The van der Waals surface area contributed by atoms with Crippen LogP contribution in [-0.4, -0.2) is 42.4 Å². The lowest BCUT2D eigenvalue weighted by Crippen LogP contribution is -2.52. The van der Waals surface area contributed by atoms with Crippen LogP contribution in [0.2, 0.25) is 0 Å². The zero-order chi connectivity index (χ0) is 16.2. The van der Waals surface area contributed by atoms with Gasteiger partial charge in [0.1, 0.15) is 0 Å². The first-order chi connectivity index (χ1) is 11.1. The van der Waals surface area contributed by atoms with Crippen molar-refractivity contribution in [3.05, 3.63) is 54.0 Å². The largest absolute Gasteiger partial charge is 0.459 e. The second-order valence-corrected chi connectivity index (χ2v) is 5.56. The molecule has 1 fully saturated rings. The highest BCUT2D eigenvalue weighted by molar-refractivity contribution is 6.03. The zero-order valence-electron chi connectivity index (χ0n) is 12.9. The van der Waals surface area contributed by atoms with E-state index in [9.17, 15) is 9.59 Å². The van der Waals surface area contributed by atoms with Crippen molar-refractivity contribution in [2.24, 2.45) is 0 Å². The highest BCUT2D eigenvalue weighted by atomic mass is 16.3. The van der Waals surface area contributed by atoms with E-state index in [0.29, 0.717) is 17.8 Å². The molecular weight excluding hydrogens is 294 g/mol. The molecule has 120 valence electrons. The fourth-order valence-corrected chi connectivity index (χ4v) is 2.64. The van der Waals surface area contributed by atoms with Crippen LogP contribution < -0.4 is 10.6 Å². The molecule has 1 aromatic heterocycles. The third-order valence-corrected chi connectivity index (χ3v) is 3.87. The van der Waals surface area contributed by atoms with E-state index >= 15 is 0 Å². The minimum atomic E-state index is -0.338. The molecule has 2 heterocycles. The molecular formula is C17H19N3O3. The zero-order valence-corrected chi connectivity index (χ0v) is 12.9. The fourth-order valence-electron chi connectivity index (χ4n) is 2.64. The Morgan fingerprint density at radius 3 is 2.91 bits per heavy atom. The molecule has 0 aliphatic carbocycles. The van der Waals surface area contributed by atoms with Gasteiger partial charge in [-0.2, -0.15) is 0 Å². The van der Waals surface area contributed by atoms with Crippen molar-refractivity contribution in [1.29, 1.82) is 0 Å². The Morgan fingerprint density at radius 2 is 2.17 bits per heavy atom. The molecule has 2 aromatic rings. The molecule has 1 aromatic carbocycles. The molecule has 23 heavy (non-hydrogen) atoms. The van der Waals surface area contributed by atoms with E-state index in [4.69, 9.17) is 4.42 Å². The van der Waals surface area contributed by atoms with Gasteiger partial charge in [-0.25, -0.2) is 0 Å². The van der Waals surface area contributed by atoms with Crippen molar-refractivity contribution in [2.45, 2.75) is 13.0 Å². The lowest BCUT2D eigenvalue weighted by atomic mass is 10.1. The van der Waals surface area contributed by atoms with Gasteiger partial charge in [-0.3, -0.25) is 9.59 Å². The Balaban J connectivity index is 1.74. The van der Waals surface area contributed by atoms with Crippen LogP contribution in [-0.2, 0) is 0 Å². The number of amides is 2. The maximum Gasteiger partial charge on any atom is 0.291 e. The van der Waals surface area contributed by atoms with Crippen LogP contribution in [0.25, 0.3) is 0 Å². The molecule has 6 nitrogen and oxygen atoms in total. The van der Waals surface area contributed by atoms with Crippen LogP contribution in [0.15, 0.2) is 47.1 Å². The van der Waals surface area contributed by atoms with Crippen LogP contribution >= 0.6 is 0 Å². The van der Waals surface area contributed by atoms with E-state index in [1.165, 1.54) is 6.26 Å². The van der Waals surface area contributed by atoms with E-state index in [-0.39, 0.29) is 23.6 Å². The summed E-state index contributed by atoms with van der Waals surface area (Å²) in [4.78, 5) is 26.5. The average Bonchev–Trinajstić information content (AvgIpc) is 3.09. The summed E-state index contributed by atoms with van der Waals surface area (Å²) in [6.07, 6.45) is 1.45. The van der Waals surface area contributed by atoms with Gasteiger partial charge < -0.3 is 20.0 Å². The number of nitrogens with one attached hydrogen (secondary N) is 2. The summed E-state index contributed by atoms with van der Waals surface area (Å²) >= 11 is 0. The van der Waals surface area contributed by atoms with Gasteiger partial charge in [0.15, 0.2) is 5.76 Å². The normalized spacial score (nSPS) is 17.8. The van der Waals surface area contributed by atoms with Crippen molar-refractivity contribution in [2.75, 3.05) is 25.0 Å². The molecule has 1 saturated heterocycles. The summed E-state index contributed by atoms with van der Waals surface area (Å²) < 4.78 is 5.06. The number of furan rings is 1. The first-order valence-electron chi connectivity index (χ1n) is 7.62. The van der Waals surface area contributed by atoms with E-state index in [2.05, 4.69) is 10.6 Å². The Bertz CT molecular complexity index is 697. The number of carbonyl (C=O) groups is 2. The number of hydrogen-bond acceptors (Lipinski definition) is 4. The molecule has 0 unspecified atom stereocenters. The third-order valence-electron chi connectivity index (χ3n) is 3.87. The molecule has 0 radical (unpaired) electrons. The topological polar surface area (TPSA) is 74.6 Å². The Labute approximate surface area is 134 Å². The summed E-state index contributed by atoms with van der Waals surface area (Å²) in [6.45, 7) is 4.29. The quantitative estimate of drug-likeness (QED) is 0.908. The predicted octanol–water partition coefficient (Wildman–Crippen LogP) is 1.97. The minimum Gasteiger partial charge on any atom is -0.459 e. The second kappa shape index (κ2) is 6.66. The highest BCUT2D eigenvalue weighted by Crippen LogP contribution is 2.16. The van der Waals surface area contributed by atoms with Crippen molar-refractivity contribution in [3.63, 3.8) is 0 Å². The standard InChI is InChI=1S/C17H19N3O3/c1-12-11-18-7-8-20(12)17(22)13-4-2-5-14(10-13)19-16(21)15-6-3-9-23-15/h2-6,9-10,12,18H,7-8,11H2,1H3,(H,19,21)/t12-/m1/s1. The van der Waals surface area contributed by atoms with Crippen LogP contribution in [0, 0.1) is 0 Å². The van der Waals surface area contributed by atoms with Crippen LogP contribution in [0.4, 0.5) is 5.69 Å². The molecule has 0 spiro atoms. The lowest BCUT2D eigenvalue weighted by molar-refractivity contribution is 0.0655. The second-order valence-electron chi connectivity index (χ2n) is 5.56. The summed E-state index contributed by atoms with van der Waals surface area (Å²) in [7, 11) is 0. The van der Waals surface area contributed by atoms with Crippen molar-refractivity contribution in [1.82, 2.24) is 10.2 Å². The molecule has 0 bridgehead atoms. The fraction of sp³-hybridized carbons (Fsp3) is 0.294. The molecule has 6 heteroatoms. The summed E-state index contributed by atoms with van der Waals surface area (Å²) in [5.41, 5.74) is 1.14. The predicted molar refractivity (Wildman–Crippen MR) is 86.5 cm³/mol. The van der Waals surface area contributed by atoms with E-state index in [1.54, 1.807) is 36.4 Å². The van der Waals surface area contributed by atoms with Gasteiger partial charge in [-0.15, -0.1) is 0 Å². The average molecular weight is 313 g/mol. The van der Waals surface area contributed by atoms with Crippen LogP contribution in [0.3, 0.4) is 0 Å². The first kappa shape index (κ1) is 15.3. The maximum atomic E-state index is 12.6. The number of anilines is 1. The Hall–Kier alpha value is -2.60. The number of carbonyl (C=O) groups excluding carboxylic acids is 2. The van der Waals surface area contributed by atoms with Crippen molar-refractivity contribution in [3.8, 4) is 0 Å². The Kier molecular flexibility index (Phi) is 4.43. The van der Waals surface area contributed by atoms with Gasteiger partial charge in [0, 0.05) is 36.9 Å². The third kappa shape index (κ3) is 3.43. The van der Waals surface area contributed by atoms with Gasteiger partial charge in [0.25, 0.3) is 11.8 Å². The number of rotatable bonds is 3. The molecule has 2 amide bonds. The first-order valence-corrected chi connectivity index (χ1v) is 7.62. The van der Waals surface area contributed by atoms with Gasteiger partial charge in [-0.1, -0.05) is 6.07 Å². The van der Waals surface area contributed by atoms with E-state index < -0.39 is 0 Å². The van der Waals surface area contributed by atoms with Crippen molar-refractivity contribution < 1.29 is 14.0 Å². The number of piperazine rings is 1. The highest BCUT2D eigenvalue weighted by Gasteiger charge is 2.24. The molecule has 2 N–H and O–H groups in total. The van der Waals surface area contributed by atoms with Gasteiger partial charge in [0.2, 0.25) is 0 Å². The molecule has 3 rings (SSSR count). The monoisotopic (exact) mass is 313 g/mol. The molecule has 0 saturated carbocycles. The number of benzene rings is 1. The minimum absolute atomic E-state index is 0.0203. The van der Waals surface area contributed by atoms with E-state index in [1.807, 2.05) is 11.8 Å². The lowest BCUT2D eigenvalue weighted by Gasteiger charge is -2.34. The maximum absolute atomic E-state index is 12.6. The number of nitrogens with zero attached hydrogens (tertiary/aromatic N) is 1. The summed E-state index contributed by atoms with van der Waals surface area (Å²) in [6, 6.07) is 10.4. The number of hydrogen-bond donors (Lipinski definition) is 2. The van der Waals surface area contributed by atoms with E-state index in [0.717, 1.165) is 13.1 Å². The van der Waals surface area contributed by atoms with Gasteiger partial charge >= 0.3 is 0 Å². The molecule has 1 atom stereocenters. The summed E-state index contributed by atoms with van der Waals surface area (Å²) in [5.74, 6) is -0.124. The molecule has 1 aliphatic rings. The SMILES string of the molecule is C[C@@H]1CNCCN1C(=O)c1cccc(NC(=O)c2ccco2)c1. The van der Waals surface area contributed by atoms with Crippen LogP contribution in [0.1, 0.15) is 27.8 Å². The smallest absolute Gasteiger partial charge is 0.291 e. The Morgan fingerprint density at radius 1 is 1.30 bits per heavy atom. The van der Waals surface area contributed by atoms with Gasteiger partial charge in [-0.05, 0) is 37.3 Å². The molecule has 1 aliphatic heterocycles.